The molecule has 7 nitrogen and oxygen atoms in total. The zero-order valence-corrected chi connectivity index (χ0v) is 17.9. The summed E-state index contributed by atoms with van der Waals surface area (Å²) in [5.41, 5.74) is 0.461. The van der Waals surface area contributed by atoms with Crippen molar-refractivity contribution in [2.24, 2.45) is 0 Å². The number of carbonyl (C=O) groups is 2. The predicted molar refractivity (Wildman–Crippen MR) is 115 cm³/mol. The molecule has 3 N–H and O–H groups in total. The number of pyridine rings is 1. The summed E-state index contributed by atoms with van der Waals surface area (Å²) in [6.07, 6.45) is 4.72. The molecular formula is C23H31N3O4. The van der Waals surface area contributed by atoms with Gasteiger partial charge < -0.3 is 15.2 Å². The third-order valence-electron chi connectivity index (χ3n) is 6.47. The quantitative estimate of drug-likeness (QED) is 0.575. The van der Waals surface area contributed by atoms with Crippen LogP contribution in [0.3, 0.4) is 0 Å². The molecule has 3 atom stereocenters. The Labute approximate surface area is 177 Å². The van der Waals surface area contributed by atoms with Crippen LogP contribution in [0.1, 0.15) is 56.6 Å². The molecule has 1 aliphatic heterocycles. The van der Waals surface area contributed by atoms with Crippen LogP contribution in [0.4, 0.5) is 0 Å². The monoisotopic (exact) mass is 413 g/mol. The standard InChI is InChI=1S/C23H31N3O4/c1-4-6-19(21(28)26-15-27)17-11-16-12-18(7-8-20(16)25-13-17)23(29)9-10-24-14-22(23,5-2)30-3/h7-8,11-13,15,19,24,29H,4-6,9-10,14H2,1-3H3,(H,26,27,28). The number of imide groups is 1. The van der Waals surface area contributed by atoms with E-state index in [0.717, 1.165) is 28.5 Å². The van der Waals surface area contributed by atoms with E-state index in [1.807, 2.05) is 38.1 Å². The van der Waals surface area contributed by atoms with Crippen LogP contribution >= 0.6 is 0 Å². The fraction of sp³-hybridized carbons (Fsp3) is 0.522. The molecule has 1 fully saturated rings. The third kappa shape index (κ3) is 3.85. The molecule has 2 aromatic rings. The number of hydrogen-bond acceptors (Lipinski definition) is 6. The molecule has 1 aromatic heterocycles. The zero-order valence-electron chi connectivity index (χ0n) is 17.9. The van der Waals surface area contributed by atoms with Crippen LogP contribution in [0.5, 0.6) is 0 Å². The van der Waals surface area contributed by atoms with E-state index in [9.17, 15) is 14.7 Å². The molecule has 3 rings (SSSR count). The summed E-state index contributed by atoms with van der Waals surface area (Å²) in [4.78, 5) is 27.6. The van der Waals surface area contributed by atoms with Crippen molar-refractivity contribution in [3.8, 4) is 0 Å². The molecule has 1 saturated heterocycles. The summed E-state index contributed by atoms with van der Waals surface area (Å²) in [7, 11) is 1.64. The second kappa shape index (κ2) is 9.20. The molecular weight excluding hydrogens is 382 g/mol. The first kappa shape index (κ1) is 22.3. The van der Waals surface area contributed by atoms with Crippen LogP contribution in [-0.2, 0) is 19.9 Å². The summed E-state index contributed by atoms with van der Waals surface area (Å²) in [5, 5.41) is 18.2. The van der Waals surface area contributed by atoms with Gasteiger partial charge in [-0.25, -0.2) is 0 Å². The minimum Gasteiger partial charge on any atom is -0.382 e. The Bertz CT molecular complexity index is 912. The molecule has 1 aromatic carbocycles. The Morgan fingerprint density at radius 1 is 1.40 bits per heavy atom. The van der Waals surface area contributed by atoms with E-state index in [4.69, 9.17) is 4.74 Å². The van der Waals surface area contributed by atoms with Crippen molar-refractivity contribution in [1.29, 1.82) is 0 Å². The maximum atomic E-state index is 12.4. The van der Waals surface area contributed by atoms with Crippen molar-refractivity contribution in [3.05, 3.63) is 41.6 Å². The van der Waals surface area contributed by atoms with Gasteiger partial charge in [0.1, 0.15) is 11.2 Å². The van der Waals surface area contributed by atoms with Crippen LogP contribution in [0.25, 0.3) is 10.9 Å². The van der Waals surface area contributed by atoms with Gasteiger partial charge in [0.15, 0.2) is 0 Å². The van der Waals surface area contributed by atoms with Gasteiger partial charge in [0.05, 0.1) is 11.4 Å². The van der Waals surface area contributed by atoms with Crippen molar-refractivity contribution in [1.82, 2.24) is 15.6 Å². The van der Waals surface area contributed by atoms with Gasteiger partial charge >= 0.3 is 0 Å². The number of piperidine rings is 1. The van der Waals surface area contributed by atoms with Crippen LogP contribution in [-0.4, -0.2) is 48.2 Å². The number of fused-ring (bicyclic) bond motifs is 1. The van der Waals surface area contributed by atoms with Crippen molar-refractivity contribution < 1.29 is 19.4 Å². The predicted octanol–water partition coefficient (Wildman–Crippen LogP) is 2.37. The Balaban J connectivity index is 2.06. The highest BCUT2D eigenvalue weighted by molar-refractivity contribution is 5.92. The maximum Gasteiger partial charge on any atom is 0.233 e. The molecule has 0 bridgehead atoms. The van der Waals surface area contributed by atoms with Gasteiger partial charge in [-0.1, -0.05) is 26.3 Å². The lowest BCUT2D eigenvalue weighted by atomic mass is 9.71. The zero-order chi connectivity index (χ0) is 21.8. The number of amides is 2. The smallest absolute Gasteiger partial charge is 0.233 e. The number of aliphatic hydroxyl groups is 1. The van der Waals surface area contributed by atoms with Crippen LogP contribution in [0.15, 0.2) is 30.5 Å². The van der Waals surface area contributed by atoms with E-state index in [1.165, 1.54) is 0 Å². The molecule has 162 valence electrons. The Hall–Kier alpha value is -2.35. The first-order valence-corrected chi connectivity index (χ1v) is 10.6. The SMILES string of the molecule is CCCC(C(=O)NC=O)c1cnc2ccc(C3(O)CCNCC3(CC)OC)cc2c1. The fourth-order valence-corrected chi connectivity index (χ4v) is 4.64. The van der Waals surface area contributed by atoms with Crippen molar-refractivity contribution >= 4 is 23.2 Å². The van der Waals surface area contributed by atoms with Gasteiger partial charge in [0.2, 0.25) is 12.3 Å². The number of rotatable bonds is 8. The van der Waals surface area contributed by atoms with E-state index in [-0.39, 0.29) is 5.91 Å². The summed E-state index contributed by atoms with van der Waals surface area (Å²) < 4.78 is 5.85. The topological polar surface area (TPSA) is 101 Å². The Morgan fingerprint density at radius 3 is 2.87 bits per heavy atom. The summed E-state index contributed by atoms with van der Waals surface area (Å²) >= 11 is 0. The number of aromatic nitrogens is 1. The lowest BCUT2D eigenvalue weighted by molar-refractivity contribution is -0.191. The molecule has 30 heavy (non-hydrogen) atoms. The fourth-order valence-electron chi connectivity index (χ4n) is 4.64. The number of nitrogens with zero attached hydrogens (tertiary/aromatic N) is 1. The minimum atomic E-state index is -1.14. The first-order chi connectivity index (χ1) is 14.4. The maximum absolute atomic E-state index is 12.4. The molecule has 0 saturated carbocycles. The van der Waals surface area contributed by atoms with Crippen molar-refractivity contribution in [2.45, 2.75) is 56.7 Å². The summed E-state index contributed by atoms with van der Waals surface area (Å²) in [5.74, 6) is -0.776. The lowest BCUT2D eigenvalue weighted by Gasteiger charge is -2.49. The number of ether oxygens (including phenoxy) is 1. The van der Waals surface area contributed by atoms with Crippen molar-refractivity contribution in [3.63, 3.8) is 0 Å². The Morgan fingerprint density at radius 2 is 2.20 bits per heavy atom. The summed E-state index contributed by atoms with van der Waals surface area (Å²) in [6, 6.07) is 7.68. The number of benzene rings is 1. The normalized spacial score (nSPS) is 25.1. The van der Waals surface area contributed by atoms with E-state index in [2.05, 4.69) is 15.6 Å². The van der Waals surface area contributed by atoms with Gasteiger partial charge in [-0.2, -0.15) is 0 Å². The first-order valence-electron chi connectivity index (χ1n) is 10.6. The highest BCUT2D eigenvalue weighted by Crippen LogP contribution is 2.43. The number of hydrogen-bond donors (Lipinski definition) is 3. The third-order valence-corrected chi connectivity index (χ3v) is 6.47. The van der Waals surface area contributed by atoms with Crippen LogP contribution in [0.2, 0.25) is 0 Å². The number of nitrogens with one attached hydrogen (secondary N) is 2. The molecule has 7 heteroatoms. The molecule has 3 unspecified atom stereocenters. The summed E-state index contributed by atoms with van der Waals surface area (Å²) in [6.45, 7) is 5.28. The molecule has 2 heterocycles. The Kier molecular flexibility index (Phi) is 6.85. The van der Waals surface area contributed by atoms with Gasteiger partial charge in [-0.3, -0.25) is 19.9 Å². The van der Waals surface area contributed by atoms with E-state index >= 15 is 0 Å². The van der Waals surface area contributed by atoms with Gasteiger partial charge in [-0.05, 0) is 55.1 Å². The van der Waals surface area contributed by atoms with Crippen LogP contribution < -0.4 is 10.6 Å². The average molecular weight is 414 g/mol. The van der Waals surface area contributed by atoms with E-state index < -0.39 is 17.1 Å². The number of methoxy groups -OCH3 is 1. The highest BCUT2D eigenvalue weighted by Gasteiger charge is 2.52. The molecule has 0 aliphatic carbocycles. The van der Waals surface area contributed by atoms with E-state index in [0.29, 0.717) is 38.8 Å². The molecule has 0 spiro atoms. The van der Waals surface area contributed by atoms with Gasteiger partial charge in [0.25, 0.3) is 0 Å². The largest absolute Gasteiger partial charge is 0.382 e. The molecule has 1 aliphatic rings. The van der Waals surface area contributed by atoms with Gasteiger partial charge in [0, 0.05) is 25.2 Å². The minimum absolute atomic E-state index is 0.328. The van der Waals surface area contributed by atoms with E-state index in [1.54, 1.807) is 13.3 Å². The second-order valence-corrected chi connectivity index (χ2v) is 7.98. The second-order valence-electron chi connectivity index (χ2n) is 7.98. The number of carbonyl (C=O) groups excluding carboxylic acids is 2. The molecule has 0 radical (unpaired) electrons. The molecule has 2 amide bonds. The average Bonchev–Trinajstić information content (AvgIpc) is 2.77. The van der Waals surface area contributed by atoms with Crippen LogP contribution in [0, 0.1) is 0 Å². The van der Waals surface area contributed by atoms with Gasteiger partial charge in [-0.15, -0.1) is 0 Å². The highest BCUT2D eigenvalue weighted by atomic mass is 16.5. The lowest BCUT2D eigenvalue weighted by Crippen LogP contribution is -2.62. The van der Waals surface area contributed by atoms with Crippen molar-refractivity contribution in [2.75, 3.05) is 20.2 Å².